The summed E-state index contributed by atoms with van der Waals surface area (Å²) in [7, 11) is 0. The van der Waals surface area contributed by atoms with Crippen molar-refractivity contribution in [3.05, 3.63) is 32.5 Å². The molecule has 0 saturated carbocycles. The van der Waals surface area contributed by atoms with Gasteiger partial charge in [0.1, 0.15) is 5.92 Å². The standard InChI is InChI=1S/C15H16N4S2/c1-2-3-4-9-5-6-12(20-9)13-10(7-16)14(18)21-15(19)11(13)8-17/h5-6,10,13,18H,2-4,19H2,1H3/t10-,13-/m0/s1. The number of nitrogens with two attached hydrogens (primary N) is 1. The van der Waals surface area contributed by atoms with E-state index in [4.69, 9.17) is 11.1 Å². The number of allylic oxidation sites excluding steroid dienone is 1. The molecule has 1 aromatic rings. The molecule has 108 valence electrons. The summed E-state index contributed by atoms with van der Waals surface area (Å²) in [5, 5.41) is 27.3. The Labute approximate surface area is 132 Å². The molecule has 1 aliphatic heterocycles. The Hall–Kier alpha value is -1.76. The fourth-order valence-corrected chi connectivity index (χ4v) is 4.36. The highest BCUT2D eigenvalue weighted by atomic mass is 32.2. The summed E-state index contributed by atoms with van der Waals surface area (Å²) in [6.07, 6.45) is 3.27. The quantitative estimate of drug-likeness (QED) is 0.884. The molecule has 0 unspecified atom stereocenters. The van der Waals surface area contributed by atoms with E-state index >= 15 is 0 Å². The molecule has 1 aromatic heterocycles. The van der Waals surface area contributed by atoms with E-state index in [9.17, 15) is 10.5 Å². The third-order valence-corrected chi connectivity index (χ3v) is 5.58. The zero-order valence-corrected chi connectivity index (χ0v) is 13.4. The summed E-state index contributed by atoms with van der Waals surface area (Å²) in [4.78, 5) is 2.21. The minimum absolute atomic E-state index is 0.225. The lowest BCUT2D eigenvalue weighted by Crippen LogP contribution is -2.26. The van der Waals surface area contributed by atoms with Crippen LogP contribution in [0.4, 0.5) is 0 Å². The Balaban J connectivity index is 2.40. The summed E-state index contributed by atoms with van der Waals surface area (Å²) in [6, 6.07) is 8.32. The molecular formula is C15H16N4S2. The van der Waals surface area contributed by atoms with Crippen LogP contribution in [0.5, 0.6) is 0 Å². The highest BCUT2D eigenvalue weighted by Crippen LogP contribution is 2.44. The molecule has 3 N–H and O–H groups in total. The van der Waals surface area contributed by atoms with E-state index in [1.165, 1.54) is 4.88 Å². The molecule has 2 rings (SSSR count). The summed E-state index contributed by atoms with van der Waals surface area (Å²) in [5.41, 5.74) is 6.31. The predicted octanol–water partition coefficient (Wildman–Crippen LogP) is 3.73. The van der Waals surface area contributed by atoms with Crippen molar-refractivity contribution in [1.82, 2.24) is 0 Å². The number of aryl methyl sites for hydroxylation is 1. The fourth-order valence-electron chi connectivity index (χ4n) is 2.32. The minimum Gasteiger partial charge on any atom is -0.392 e. The van der Waals surface area contributed by atoms with Crippen molar-refractivity contribution in [2.75, 3.05) is 0 Å². The topological polar surface area (TPSA) is 97.4 Å². The Morgan fingerprint density at radius 2 is 2.14 bits per heavy atom. The summed E-state index contributed by atoms with van der Waals surface area (Å²) in [5.74, 6) is -1.01. The van der Waals surface area contributed by atoms with Crippen molar-refractivity contribution < 1.29 is 0 Å². The summed E-state index contributed by atoms with van der Waals surface area (Å²) < 4.78 is 0. The van der Waals surface area contributed by atoms with E-state index in [1.807, 2.05) is 6.07 Å². The van der Waals surface area contributed by atoms with E-state index < -0.39 is 11.8 Å². The molecule has 6 heteroatoms. The van der Waals surface area contributed by atoms with Crippen LogP contribution in [0.25, 0.3) is 0 Å². The highest BCUT2D eigenvalue weighted by Gasteiger charge is 2.37. The Morgan fingerprint density at radius 1 is 1.38 bits per heavy atom. The Morgan fingerprint density at radius 3 is 2.76 bits per heavy atom. The maximum absolute atomic E-state index is 9.37. The van der Waals surface area contributed by atoms with Gasteiger partial charge in [0.15, 0.2) is 0 Å². The van der Waals surface area contributed by atoms with Gasteiger partial charge in [-0.2, -0.15) is 10.5 Å². The summed E-state index contributed by atoms with van der Waals surface area (Å²) in [6.45, 7) is 2.15. The second kappa shape index (κ2) is 6.80. The van der Waals surface area contributed by atoms with Crippen LogP contribution >= 0.6 is 23.1 Å². The molecule has 0 aromatic carbocycles. The van der Waals surface area contributed by atoms with Crippen molar-refractivity contribution >= 4 is 28.1 Å². The van der Waals surface area contributed by atoms with Crippen LogP contribution in [-0.2, 0) is 6.42 Å². The third-order valence-electron chi connectivity index (χ3n) is 3.44. The lowest BCUT2D eigenvalue weighted by molar-refractivity contribution is 0.742. The zero-order valence-electron chi connectivity index (χ0n) is 11.7. The smallest absolute Gasteiger partial charge is 0.107 e. The van der Waals surface area contributed by atoms with Crippen molar-refractivity contribution in [3.8, 4) is 12.1 Å². The number of thiophene rings is 1. The van der Waals surface area contributed by atoms with Gasteiger partial charge in [0.2, 0.25) is 0 Å². The molecule has 0 fully saturated rings. The molecule has 0 saturated heterocycles. The minimum atomic E-state index is -0.616. The van der Waals surface area contributed by atoms with Crippen LogP contribution in [0, 0.1) is 34.0 Å². The monoisotopic (exact) mass is 316 g/mol. The lowest BCUT2D eigenvalue weighted by atomic mass is 9.86. The fraction of sp³-hybridized carbons (Fsp3) is 0.400. The van der Waals surface area contributed by atoms with Crippen molar-refractivity contribution in [1.29, 1.82) is 15.9 Å². The second-order valence-electron chi connectivity index (χ2n) is 4.85. The lowest BCUT2D eigenvalue weighted by Gasteiger charge is -2.26. The number of nitrogens with one attached hydrogen (secondary N) is 1. The molecule has 21 heavy (non-hydrogen) atoms. The average molecular weight is 316 g/mol. The molecule has 1 aliphatic rings. The maximum atomic E-state index is 9.37. The average Bonchev–Trinajstić information content (AvgIpc) is 2.93. The predicted molar refractivity (Wildman–Crippen MR) is 86.9 cm³/mol. The van der Waals surface area contributed by atoms with Gasteiger partial charge in [0.25, 0.3) is 0 Å². The van der Waals surface area contributed by atoms with Crippen LogP contribution in [0.3, 0.4) is 0 Å². The molecule has 0 spiro atoms. The number of thioether (sulfide) groups is 1. The van der Waals surface area contributed by atoms with Gasteiger partial charge in [-0.15, -0.1) is 11.3 Å². The van der Waals surface area contributed by atoms with Gasteiger partial charge in [0.05, 0.1) is 33.7 Å². The van der Waals surface area contributed by atoms with Gasteiger partial charge < -0.3 is 5.73 Å². The van der Waals surface area contributed by atoms with E-state index in [0.717, 1.165) is 35.9 Å². The first-order valence-electron chi connectivity index (χ1n) is 6.76. The van der Waals surface area contributed by atoms with Crippen molar-refractivity contribution in [3.63, 3.8) is 0 Å². The Kier molecular flexibility index (Phi) is 5.06. The first-order chi connectivity index (χ1) is 10.1. The molecule has 4 nitrogen and oxygen atoms in total. The normalized spacial score (nSPS) is 22.0. The molecule has 0 radical (unpaired) electrons. The van der Waals surface area contributed by atoms with E-state index in [2.05, 4.69) is 25.1 Å². The molecule has 0 bridgehead atoms. The van der Waals surface area contributed by atoms with Crippen molar-refractivity contribution in [2.45, 2.75) is 32.1 Å². The molecule has 2 heterocycles. The Bertz CT molecular complexity index is 660. The zero-order chi connectivity index (χ0) is 15.4. The maximum Gasteiger partial charge on any atom is 0.107 e. The number of nitriles is 2. The first kappa shape index (κ1) is 15.6. The number of unbranched alkanes of at least 4 members (excludes halogenated alkanes) is 1. The number of rotatable bonds is 4. The van der Waals surface area contributed by atoms with Gasteiger partial charge >= 0.3 is 0 Å². The van der Waals surface area contributed by atoms with Gasteiger partial charge in [-0.25, -0.2) is 0 Å². The SMILES string of the molecule is CCCCc1ccc([C@@H]2C(C#N)=C(N)SC(=N)[C@H]2C#N)s1. The summed E-state index contributed by atoms with van der Waals surface area (Å²) >= 11 is 2.65. The third kappa shape index (κ3) is 3.12. The van der Waals surface area contributed by atoms with Crippen LogP contribution in [-0.4, -0.2) is 5.04 Å². The highest BCUT2D eigenvalue weighted by molar-refractivity contribution is 8.17. The molecule has 0 amide bonds. The number of hydrogen-bond donors (Lipinski definition) is 2. The van der Waals surface area contributed by atoms with Crippen LogP contribution in [0.15, 0.2) is 22.7 Å². The molecular weight excluding hydrogens is 300 g/mol. The van der Waals surface area contributed by atoms with Gasteiger partial charge in [-0.05, 0) is 25.0 Å². The van der Waals surface area contributed by atoms with Gasteiger partial charge in [-0.3, -0.25) is 5.41 Å². The van der Waals surface area contributed by atoms with Crippen LogP contribution in [0.1, 0.15) is 35.4 Å². The van der Waals surface area contributed by atoms with Crippen LogP contribution < -0.4 is 5.73 Å². The molecule has 2 atom stereocenters. The van der Waals surface area contributed by atoms with Gasteiger partial charge in [0, 0.05) is 9.75 Å². The number of nitrogens with zero attached hydrogens (tertiary/aromatic N) is 2. The largest absolute Gasteiger partial charge is 0.392 e. The van der Waals surface area contributed by atoms with Gasteiger partial charge in [-0.1, -0.05) is 25.1 Å². The van der Waals surface area contributed by atoms with E-state index in [1.54, 1.807) is 11.3 Å². The molecule has 0 aliphatic carbocycles. The van der Waals surface area contributed by atoms with E-state index in [0.29, 0.717) is 10.6 Å². The second-order valence-corrected chi connectivity index (χ2v) is 7.13. The first-order valence-corrected chi connectivity index (χ1v) is 8.39. The van der Waals surface area contributed by atoms with E-state index in [-0.39, 0.29) is 5.04 Å². The van der Waals surface area contributed by atoms with Crippen molar-refractivity contribution in [2.24, 2.45) is 11.7 Å². The number of hydrogen-bond acceptors (Lipinski definition) is 6. The van der Waals surface area contributed by atoms with Crippen LogP contribution in [0.2, 0.25) is 0 Å².